The van der Waals surface area contributed by atoms with Crippen LogP contribution in [0.25, 0.3) is 11.0 Å². The first-order valence-corrected chi connectivity index (χ1v) is 6.07. The minimum absolute atomic E-state index is 0.198. The molecule has 1 amide bonds. The zero-order chi connectivity index (χ0) is 13.2. The summed E-state index contributed by atoms with van der Waals surface area (Å²) >= 11 is 0. The van der Waals surface area contributed by atoms with E-state index in [0.717, 1.165) is 5.39 Å². The topological polar surface area (TPSA) is 55.4 Å². The molecule has 0 saturated carbocycles. The number of amides is 1. The molecule has 4 heteroatoms. The molecule has 3 aromatic rings. The number of fused-ring (bicyclic) bond motifs is 1. The van der Waals surface area contributed by atoms with Crippen LogP contribution in [0.5, 0.6) is 0 Å². The summed E-state index contributed by atoms with van der Waals surface area (Å²) in [4.78, 5) is 12.1. The SMILES string of the molecule is C[C@@H](NC(=O)c1cc2ccccc2o1)c1ccco1. The molecule has 2 aromatic heterocycles. The van der Waals surface area contributed by atoms with Gasteiger partial charge in [0.25, 0.3) is 5.91 Å². The van der Waals surface area contributed by atoms with E-state index in [-0.39, 0.29) is 11.9 Å². The van der Waals surface area contributed by atoms with Gasteiger partial charge in [-0.15, -0.1) is 0 Å². The van der Waals surface area contributed by atoms with Crippen LogP contribution in [0.4, 0.5) is 0 Å². The Balaban J connectivity index is 1.80. The fraction of sp³-hybridized carbons (Fsp3) is 0.133. The van der Waals surface area contributed by atoms with Crippen LogP contribution in [-0.2, 0) is 0 Å². The third-order valence-electron chi connectivity index (χ3n) is 2.97. The first-order chi connectivity index (χ1) is 9.24. The van der Waals surface area contributed by atoms with E-state index in [1.807, 2.05) is 37.3 Å². The Kier molecular flexibility index (Phi) is 2.83. The Bertz CT molecular complexity index is 664. The maximum atomic E-state index is 12.1. The molecular weight excluding hydrogens is 242 g/mol. The summed E-state index contributed by atoms with van der Waals surface area (Å²) in [5.74, 6) is 0.768. The molecule has 0 unspecified atom stereocenters. The molecule has 0 aliphatic carbocycles. The van der Waals surface area contributed by atoms with E-state index < -0.39 is 0 Å². The number of carbonyl (C=O) groups is 1. The molecule has 4 nitrogen and oxygen atoms in total. The zero-order valence-corrected chi connectivity index (χ0v) is 10.4. The molecule has 0 fully saturated rings. The fourth-order valence-corrected chi connectivity index (χ4v) is 1.97. The van der Waals surface area contributed by atoms with Crippen molar-refractivity contribution in [1.29, 1.82) is 0 Å². The van der Waals surface area contributed by atoms with E-state index >= 15 is 0 Å². The van der Waals surface area contributed by atoms with Gasteiger partial charge in [-0.25, -0.2) is 0 Å². The highest BCUT2D eigenvalue weighted by Crippen LogP contribution is 2.20. The van der Waals surface area contributed by atoms with Gasteiger partial charge in [-0.2, -0.15) is 0 Å². The van der Waals surface area contributed by atoms with Crippen molar-refractivity contribution in [2.75, 3.05) is 0 Å². The summed E-state index contributed by atoms with van der Waals surface area (Å²) in [6.07, 6.45) is 1.58. The molecule has 96 valence electrons. The van der Waals surface area contributed by atoms with Crippen LogP contribution in [0.1, 0.15) is 29.3 Å². The molecule has 0 spiro atoms. The Labute approximate surface area is 110 Å². The van der Waals surface area contributed by atoms with Gasteiger partial charge in [0, 0.05) is 5.39 Å². The van der Waals surface area contributed by atoms with Gasteiger partial charge in [-0.3, -0.25) is 4.79 Å². The molecule has 1 aromatic carbocycles. The number of furan rings is 2. The molecule has 19 heavy (non-hydrogen) atoms. The number of carbonyl (C=O) groups excluding carboxylic acids is 1. The van der Waals surface area contributed by atoms with E-state index in [2.05, 4.69) is 5.32 Å². The molecule has 0 aliphatic rings. The lowest BCUT2D eigenvalue weighted by Gasteiger charge is -2.09. The van der Waals surface area contributed by atoms with Gasteiger partial charge in [-0.05, 0) is 31.2 Å². The number of nitrogens with one attached hydrogen (secondary N) is 1. The lowest BCUT2D eigenvalue weighted by Crippen LogP contribution is -2.25. The van der Waals surface area contributed by atoms with Crippen LogP contribution in [0.3, 0.4) is 0 Å². The summed E-state index contributed by atoms with van der Waals surface area (Å²) in [5, 5.41) is 3.75. The van der Waals surface area contributed by atoms with E-state index in [1.165, 1.54) is 0 Å². The number of hydrogen-bond donors (Lipinski definition) is 1. The van der Waals surface area contributed by atoms with Crippen LogP contribution in [-0.4, -0.2) is 5.91 Å². The number of rotatable bonds is 3. The maximum Gasteiger partial charge on any atom is 0.287 e. The smallest absolute Gasteiger partial charge is 0.287 e. The minimum atomic E-state index is -0.250. The first kappa shape index (κ1) is 11.6. The summed E-state index contributed by atoms with van der Waals surface area (Å²) in [7, 11) is 0. The van der Waals surface area contributed by atoms with Gasteiger partial charge in [0.15, 0.2) is 5.76 Å². The second-order valence-electron chi connectivity index (χ2n) is 4.36. The highest BCUT2D eigenvalue weighted by atomic mass is 16.3. The van der Waals surface area contributed by atoms with Crippen molar-refractivity contribution in [3.63, 3.8) is 0 Å². The van der Waals surface area contributed by atoms with Crippen molar-refractivity contribution in [1.82, 2.24) is 5.32 Å². The maximum absolute atomic E-state index is 12.1. The summed E-state index contributed by atoms with van der Waals surface area (Å²) in [5.41, 5.74) is 0.707. The first-order valence-electron chi connectivity index (χ1n) is 6.07. The van der Waals surface area contributed by atoms with Gasteiger partial charge < -0.3 is 14.2 Å². The van der Waals surface area contributed by atoms with Crippen molar-refractivity contribution in [2.24, 2.45) is 0 Å². The van der Waals surface area contributed by atoms with Crippen molar-refractivity contribution < 1.29 is 13.6 Å². The van der Waals surface area contributed by atoms with Gasteiger partial charge >= 0.3 is 0 Å². The van der Waals surface area contributed by atoms with Gasteiger partial charge in [0.2, 0.25) is 0 Å². The van der Waals surface area contributed by atoms with Crippen LogP contribution in [0, 0.1) is 0 Å². The Morgan fingerprint density at radius 3 is 2.79 bits per heavy atom. The number of para-hydroxylation sites is 1. The van der Waals surface area contributed by atoms with Crippen LogP contribution < -0.4 is 5.32 Å². The summed E-state index contributed by atoms with van der Waals surface area (Å²) < 4.78 is 10.8. The second kappa shape index (κ2) is 4.65. The Morgan fingerprint density at radius 2 is 2.05 bits per heavy atom. The molecule has 1 atom stereocenters. The normalized spacial score (nSPS) is 12.5. The monoisotopic (exact) mass is 255 g/mol. The highest BCUT2D eigenvalue weighted by molar-refractivity contribution is 5.96. The second-order valence-corrected chi connectivity index (χ2v) is 4.36. The lowest BCUT2D eigenvalue weighted by molar-refractivity contribution is 0.0909. The van der Waals surface area contributed by atoms with Gasteiger partial charge in [0.1, 0.15) is 11.3 Å². The van der Waals surface area contributed by atoms with Crippen molar-refractivity contribution in [3.8, 4) is 0 Å². The van der Waals surface area contributed by atoms with Crippen LogP contribution >= 0.6 is 0 Å². The lowest BCUT2D eigenvalue weighted by atomic mass is 10.2. The van der Waals surface area contributed by atoms with Crippen molar-refractivity contribution in [3.05, 3.63) is 60.2 Å². The molecule has 1 N–H and O–H groups in total. The molecule has 0 radical (unpaired) electrons. The van der Waals surface area contributed by atoms with Crippen LogP contribution in [0.2, 0.25) is 0 Å². The van der Waals surface area contributed by atoms with Crippen LogP contribution in [0.15, 0.2) is 57.6 Å². The predicted molar refractivity (Wildman–Crippen MR) is 70.8 cm³/mol. The van der Waals surface area contributed by atoms with E-state index in [0.29, 0.717) is 17.1 Å². The summed E-state index contributed by atoms with van der Waals surface area (Å²) in [6.45, 7) is 1.86. The van der Waals surface area contributed by atoms with Gasteiger partial charge in [-0.1, -0.05) is 18.2 Å². The van der Waals surface area contributed by atoms with Crippen molar-refractivity contribution >= 4 is 16.9 Å². The highest BCUT2D eigenvalue weighted by Gasteiger charge is 2.16. The zero-order valence-electron chi connectivity index (χ0n) is 10.4. The molecule has 0 bridgehead atoms. The quantitative estimate of drug-likeness (QED) is 0.779. The largest absolute Gasteiger partial charge is 0.467 e. The third kappa shape index (κ3) is 2.25. The standard InChI is InChI=1S/C15H13NO3/c1-10(12-7-4-8-18-12)16-15(17)14-9-11-5-2-3-6-13(11)19-14/h2-10H,1H3,(H,16,17)/t10-/m1/s1. The molecule has 3 rings (SSSR count). The van der Waals surface area contributed by atoms with E-state index in [1.54, 1.807) is 18.4 Å². The fourth-order valence-electron chi connectivity index (χ4n) is 1.97. The van der Waals surface area contributed by atoms with E-state index in [4.69, 9.17) is 8.83 Å². The summed E-state index contributed by atoms with van der Waals surface area (Å²) in [6, 6.07) is 12.7. The molecular formula is C15H13NO3. The molecule has 0 saturated heterocycles. The predicted octanol–water partition coefficient (Wildman–Crippen LogP) is 3.52. The average molecular weight is 255 g/mol. The average Bonchev–Trinajstić information content (AvgIpc) is 3.07. The number of hydrogen-bond acceptors (Lipinski definition) is 3. The number of benzene rings is 1. The van der Waals surface area contributed by atoms with E-state index in [9.17, 15) is 4.79 Å². The van der Waals surface area contributed by atoms with Gasteiger partial charge in [0.05, 0.1) is 12.3 Å². The Morgan fingerprint density at radius 1 is 1.21 bits per heavy atom. The minimum Gasteiger partial charge on any atom is -0.467 e. The molecule has 2 heterocycles. The Hall–Kier alpha value is -2.49. The molecule has 0 aliphatic heterocycles. The third-order valence-corrected chi connectivity index (χ3v) is 2.97. The van der Waals surface area contributed by atoms with Crippen molar-refractivity contribution in [2.45, 2.75) is 13.0 Å².